The molecule has 0 amide bonds. The molecule has 0 saturated carbocycles. The summed E-state index contributed by atoms with van der Waals surface area (Å²) in [6.07, 6.45) is 4.16. The summed E-state index contributed by atoms with van der Waals surface area (Å²) in [5.74, 6) is -0.249. The highest BCUT2D eigenvalue weighted by Crippen LogP contribution is 2.48. The lowest BCUT2D eigenvalue weighted by Gasteiger charge is -2.39. The zero-order valence-corrected chi connectivity index (χ0v) is 15.1. The second-order valence-electron chi connectivity index (χ2n) is 7.25. The van der Waals surface area contributed by atoms with Crippen LogP contribution in [-0.4, -0.2) is 42.0 Å². The van der Waals surface area contributed by atoms with Crippen molar-refractivity contribution in [2.45, 2.75) is 31.2 Å². The molecule has 4 nitrogen and oxygen atoms in total. The molecule has 2 aromatic carbocycles. The summed E-state index contributed by atoms with van der Waals surface area (Å²) in [5, 5.41) is 11.5. The van der Waals surface area contributed by atoms with Crippen LogP contribution in [0.2, 0.25) is 0 Å². The van der Waals surface area contributed by atoms with Gasteiger partial charge in [-0.2, -0.15) is 0 Å². The first-order valence-electron chi connectivity index (χ1n) is 9.40. The Labute approximate surface area is 157 Å². The minimum atomic E-state index is -0.255. The number of nitrogens with zero attached hydrogens (tertiary/aromatic N) is 3. The lowest BCUT2D eigenvalue weighted by Crippen LogP contribution is -2.45. The van der Waals surface area contributed by atoms with Gasteiger partial charge in [0.1, 0.15) is 11.6 Å². The molecule has 2 heterocycles. The molecule has 2 atom stereocenters. The van der Waals surface area contributed by atoms with E-state index in [1.165, 1.54) is 24.4 Å². The summed E-state index contributed by atoms with van der Waals surface area (Å²) < 4.78 is 27.3. The van der Waals surface area contributed by atoms with E-state index in [2.05, 4.69) is 15.0 Å². The van der Waals surface area contributed by atoms with E-state index in [1.807, 2.05) is 6.07 Å². The quantitative estimate of drug-likeness (QED) is 0.364. The fourth-order valence-corrected chi connectivity index (χ4v) is 4.44. The van der Waals surface area contributed by atoms with Gasteiger partial charge in [0.25, 0.3) is 0 Å². The molecule has 1 fully saturated rings. The molecule has 6 heteroatoms. The third kappa shape index (κ3) is 3.54. The Bertz CT molecular complexity index is 825. The number of anilines is 2. The zero-order valence-electron chi connectivity index (χ0n) is 15.1. The molecular formula is C21H23F2N3O. The maximum absolute atomic E-state index is 14.0. The van der Waals surface area contributed by atoms with Crippen molar-refractivity contribution in [3.63, 3.8) is 0 Å². The smallest absolute Gasteiger partial charge is 0.123 e. The highest BCUT2D eigenvalue weighted by atomic mass is 19.1. The molecule has 27 heavy (non-hydrogen) atoms. The topological polar surface area (TPSA) is 39.1 Å². The molecule has 1 N–H and O–H groups in total. The number of piperidine rings is 1. The molecule has 0 aliphatic carbocycles. The van der Waals surface area contributed by atoms with Crippen molar-refractivity contribution in [2.75, 3.05) is 24.5 Å². The number of benzene rings is 2. The SMILES string of the molecule is ON=CCCCN1CC[C@@H]2[C@@H](C1)c1cc(F)ccc1N2c1ccc(F)cc1. The van der Waals surface area contributed by atoms with Crippen LogP contribution in [0, 0.1) is 11.6 Å². The average molecular weight is 371 g/mol. The van der Waals surface area contributed by atoms with E-state index in [0.717, 1.165) is 55.8 Å². The molecule has 0 radical (unpaired) electrons. The van der Waals surface area contributed by atoms with Crippen molar-refractivity contribution in [2.24, 2.45) is 5.16 Å². The summed E-state index contributed by atoms with van der Waals surface area (Å²) in [6, 6.07) is 11.8. The van der Waals surface area contributed by atoms with Gasteiger partial charge in [0, 0.05) is 42.6 Å². The molecular weight excluding hydrogens is 348 g/mol. The molecule has 1 saturated heterocycles. The predicted molar refractivity (Wildman–Crippen MR) is 102 cm³/mol. The molecule has 0 spiro atoms. The van der Waals surface area contributed by atoms with Crippen molar-refractivity contribution in [1.29, 1.82) is 0 Å². The molecule has 0 bridgehead atoms. The molecule has 4 rings (SSSR count). The number of halogens is 2. The summed E-state index contributed by atoms with van der Waals surface area (Å²) in [5.41, 5.74) is 3.00. The normalized spacial score (nSPS) is 22.2. The van der Waals surface area contributed by atoms with Gasteiger partial charge in [0.15, 0.2) is 0 Å². The van der Waals surface area contributed by atoms with E-state index >= 15 is 0 Å². The fourth-order valence-electron chi connectivity index (χ4n) is 4.44. The van der Waals surface area contributed by atoms with Gasteiger partial charge in [-0.3, -0.25) is 0 Å². The van der Waals surface area contributed by atoms with E-state index in [-0.39, 0.29) is 23.6 Å². The van der Waals surface area contributed by atoms with Gasteiger partial charge in [-0.15, -0.1) is 5.16 Å². The van der Waals surface area contributed by atoms with E-state index in [0.29, 0.717) is 0 Å². The number of hydrogen-bond donors (Lipinski definition) is 1. The van der Waals surface area contributed by atoms with Crippen LogP contribution in [0.1, 0.15) is 30.7 Å². The largest absolute Gasteiger partial charge is 0.411 e. The Balaban J connectivity index is 1.59. The van der Waals surface area contributed by atoms with E-state index in [4.69, 9.17) is 5.21 Å². The first-order chi connectivity index (χ1) is 13.2. The van der Waals surface area contributed by atoms with Crippen LogP contribution in [0.15, 0.2) is 47.6 Å². The van der Waals surface area contributed by atoms with Gasteiger partial charge in [-0.1, -0.05) is 0 Å². The lowest BCUT2D eigenvalue weighted by atomic mass is 9.89. The van der Waals surface area contributed by atoms with Crippen LogP contribution in [-0.2, 0) is 0 Å². The third-order valence-electron chi connectivity index (χ3n) is 5.63. The number of rotatable bonds is 5. The Hall–Kier alpha value is -2.47. The molecule has 142 valence electrons. The Kier molecular flexibility index (Phi) is 5.07. The molecule has 0 unspecified atom stereocenters. The van der Waals surface area contributed by atoms with E-state index in [9.17, 15) is 8.78 Å². The molecule has 2 aliphatic heterocycles. The maximum atomic E-state index is 14.0. The second kappa shape index (κ2) is 7.64. The Morgan fingerprint density at radius 1 is 1.11 bits per heavy atom. The van der Waals surface area contributed by atoms with E-state index in [1.54, 1.807) is 18.2 Å². The third-order valence-corrected chi connectivity index (χ3v) is 5.63. The Morgan fingerprint density at radius 3 is 2.67 bits per heavy atom. The summed E-state index contributed by atoms with van der Waals surface area (Å²) in [4.78, 5) is 4.64. The standard InChI is InChI=1S/C21H23F2N3O/c22-15-3-6-17(7-4-15)26-20-8-5-16(23)13-18(20)19-14-25(12-9-21(19)26)11-2-1-10-24-27/h3-8,10,13,19,21,27H,1-2,9,11-12,14H2/t19-,21+/m0/s1. The second-order valence-corrected chi connectivity index (χ2v) is 7.25. The average Bonchev–Trinajstić information content (AvgIpc) is 2.99. The number of likely N-dealkylation sites (tertiary alicyclic amines) is 1. The number of fused-ring (bicyclic) bond motifs is 3. The number of oxime groups is 1. The number of unbranched alkanes of at least 4 members (excludes halogenated alkanes) is 1. The molecule has 2 aromatic rings. The van der Waals surface area contributed by atoms with Gasteiger partial charge in [-0.05, 0) is 73.8 Å². The lowest BCUT2D eigenvalue weighted by molar-refractivity contribution is 0.195. The van der Waals surface area contributed by atoms with Crippen molar-refractivity contribution >= 4 is 17.6 Å². The van der Waals surface area contributed by atoms with Gasteiger partial charge in [0.2, 0.25) is 0 Å². The van der Waals surface area contributed by atoms with Crippen molar-refractivity contribution in [3.8, 4) is 0 Å². The van der Waals surface area contributed by atoms with Crippen molar-refractivity contribution in [1.82, 2.24) is 4.90 Å². The van der Waals surface area contributed by atoms with Gasteiger partial charge < -0.3 is 15.0 Å². The fraction of sp³-hybridized carbons (Fsp3) is 0.381. The highest BCUT2D eigenvalue weighted by molar-refractivity contribution is 5.73. The van der Waals surface area contributed by atoms with Gasteiger partial charge in [-0.25, -0.2) is 8.78 Å². The van der Waals surface area contributed by atoms with Crippen LogP contribution in [0.5, 0.6) is 0 Å². The van der Waals surface area contributed by atoms with E-state index < -0.39 is 0 Å². The first-order valence-corrected chi connectivity index (χ1v) is 9.40. The minimum absolute atomic E-state index is 0.218. The molecule has 2 aliphatic rings. The first kappa shape index (κ1) is 17.9. The monoisotopic (exact) mass is 371 g/mol. The highest BCUT2D eigenvalue weighted by Gasteiger charge is 2.42. The van der Waals surface area contributed by atoms with Gasteiger partial charge >= 0.3 is 0 Å². The number of hydrogen-bond acceptors (Lipinski definition) is 4. The summed E-state index contributed by atoms with van der Waals surface area (Å²) >= 11 is 0. The van der Waals surface area contributed by atoms with Crippen molar-refractivity contribution < 1.29 is 14.0 Å². The maximum Gasteiger partial charge on any atom is 0.123 e. The zero-order chi connectivity index (χ0) is 18.8. The van der Waals surface area contributed by atoms with Crippen LogP contribution in [0.3, 0.4) is 0 Å². The molecule has 0 aromatic heterocycles. The van der Waals surface area contributed by atoms with Crippen molar-refractivity contribution in [3.05, 3.63) is 59.7 Å². The Morgan fingerprint density at radius 2 is 1.89 bits per heavy atom. The summed E-state index contributed by atoms with van der Waals surface area (Å²) in [6.45, 7) is 2.76. The van der Waals surface area contributed by atoms with Crippen LogP contribution >= 0.6 is 0 Å². The predicted octanol–water partition coefficient (Wildman–Crippen LogP) is 4.51. The summed E-state index contributed by atoms with van der Waals surface area (Å²) in [7, 11) is 0. The van der Waals surface area contributed by atoms with Crippen LogP contribution < -0.4 is 4.90 Å². The van der Waals surface area contributed by atoms with Crippen LogP contribution in [0.25, 0.3) is 0 Å². The van der Waals surface area contributed by atoms with Gasteiger partial charge in [0.05, 0.1) is 0 Å². The van der Waals surface area contributed by atoms with Crippen LogP contribution in [0.4, 0.5) is 20.2 Å². The minimum Gasteiger partial charge on any atom is -0.411 e.